The molecule has 1 aromatic carbocycles. The number of rotatable bonds is 2. The molecular weight excluding hydrogens is 281 g/mol. The third kappa shape index (κ3) is 3.08. The fraction of sp³-hybridized carbons (Fsp3) is 0. The van der Waals surface area contributed by atoms with Gasteiger partial charge in [-0.05, 0) is 23.8 Å². The topological polar surface area (TPSA) is 61.1 Å². The van der Waals surface area contributed by atoms with E-state index in [9.17, 15) is 4.79 Å². The monoisotopic (exact) mass is 285 g/mol. The first kappa shape index (κ1) is 11.8. The van der Waals surface area contributed by atoms with Crippen molar-refractivity contribution in [3.05, 3.63) is 38.8 Å². The van der Waals surface area contributed by atoms with Crippen molar-refractivity contribution in [1.82, 2.24) is 0 Å². The molecular formula is C10H5BrClNO2. The third-order valence-electron chi connectivity index (χ3n) is 1.61. The lowest BCUT2D eigenvalue weighted by molar-refractivity contribution is -0.132. The Morgan fingerprint density at radius 2 is 2.27 bits per heavy atom. The molecule has 1 aromatic rings. The van der Waals surface area contributed by atoms with E-state index in [1.807, 2.05) is 0 Å². The molecule has 0 atom stereocenters. The Balaban J connectivity index is 3.19. The van der Waals surface area contributed by atoms with Crippen molar-refractivity contribution in [3.63, 3.8) is 0 Å². The number of hydrogen-bond acceptors (Lipinski definition) is 2. The smallest absolute Gasteiger partial charge is 0.346 e. The van der Waals surface area contributed by atoms with E-state index in [0.29, 0.717) is 10.6 Å². The molecule has 3 nitrogen and oxygen atoms in total. The molecule has 0 aliphatic heterocycles. The van der Waals surface area contributed by atoms with E-state index >= 15 is 0 Å². The number of nitriles is 1. The Kier molecular flexibility index (Phi) is 3.89. The predicted molar refractivity (Wildman–Crippen MR) is 60.4 cm³/mol. The second kappa shape index (κ2) is 4.96. The summed E-state index contributed by atoms with van der Waals surface area (Å²) < 4.78 is 0.790. The van der Waals surface area contributed by atoms with E-state index in [1.54, 1.807) is 24.3 Å². The second-order valence-electron chi connectivity index (χ2n) is 2.64. The number of carboxylic acid groups (broad SMARTS) is 1. The van der Waals surface area contributed by atoms with Crippen LogP contribution in [0.1, 0.15) is 5.56 Å². The minimum absolute atomic E-state index is 0.348. The lowest BCUT2D eigenvalue weighted by Gasteiger charge is -1.99. The van der Waals surface area contributed by atoms with Gasteiger partial charge in [-0.1, -0.05) is 33.6 Å². The van der Waals surface area contributed by atoms with Gasteiger partial charge < -0.3 is 5.11 Å². The first-order chi connectivity index (χ1) is 7.04. The number of carbonyl (C=O) groups is 1. The summed E-state index contributed by atoms with van der Waals surface area (Å²) in [7, 11) is 0. The van der Waals surface area contributed by atoms with Gasteiger partial charge in [-0.3, -0.25) is 0 Å². The molecule has 5 heteroatoms. The van der Waals surface area contributed by atoms with Crippen LogP contribution in [0.15, 0.2) is 28.2 Å². The summed E-state index contributed by atoms with van der Waals surface area (Å²) in [6, 6.07) is 6.56. The Hall–Kier alpha value is -1.31. The van der Waals surface area contributed by atoms with Crippen LogP contribution in [0.25, 0.3) is 6.08 Å². The van der Waals surface area contributed by atoms with Gasteiger partial charge in [-0.2, -0.15) is 5.26 Å². The van der Waals surface area contributed by atoms with Crippen molar-refractivity contribution in [2.75, 3.05) is 0 Å². The summed E-state index contributed by atoms with van der Waals surface area (Å²) in [4.78, 5) is 10.6. The number of nitrogens with zero attached hydrogens (tertiary/aromatic N) is 1. The molecule has 15 heavy (non-hydrogen) atoms. The van der Waals surface area contributed by atoms with Crippen molar-refractivity contribution >= 4 is 39.6 Å². The fourth-order valence-electron chi connectivity index (χ4n) is 0.916. The summed E-state index contributed by atoms with van der Waals surface area (Å²) in [5, 5.41) is 17.6. The van der Waals surface area contributed by atoms with Crippen LogP contribution in [0.3, 0.4) is 0 Å². The van der Waals surface area contributed by atoms with E-state index in [-0.39, 0.29) is 5.57 Å². The number of carboxylic acids is 1. The molecule has 76 valence electrons. The van der Waals surface area contributed by atoms with Gasteiger partial charge in [0, 0.05) is 9.50 Å². The fourth-order valence-corrected chi connectivity index (χ4v) is 1.64. The maximum atomic E-state index is 10.6. The minimum atomic E-state index is -1.27. The molecule has 1 N–H and O–H groups in total. The molecule has 0 aliphatic rings. The summed E-state index contributed by atoms with van der Waals surface area (Å²) in [6.45, 7) is 0. The summed E-state index contributed by atoms with van der Waals surface area (Å²) in [5.41, 5.74) is 0.151. The average Bonchev–Trinajstić information content (AvgIpc) is 2.16. The normalized spacial score (nSPS) is 10.9. The van der Waals surface area contributed by atoms with Gasteiger partial charge in [0.1, 0.15) is 11.6 Å². The highest BCUT2D eigenvalue weighted by Gasteiger charge is 2.07. The van der Waals surface area contributed by atoms with Gasteiger partial charge in [0.25, 0.3) is 0 Å². The molecule has 0 bridgehead atoms. The van der Waals surface area contributed by atoms with Gasteiger partial charge in [-0.15, -0.1) is 0 Å². The van der Waals surface area contributed by atoms with Crippen LogP contribution < -0.4 is 0 Å². The maximum absolute atomic E-state index is 10.6. The zero-order chi connectivity index (χ0) is 11.4. The van der Waals surface area contributed by atoms with Crippen molar-refractivity contribution in [2.24, 2.45) is 0 Å². The highest BCUT2D eigenvalue weighted by atomic mass is 79.9. The molecule has 0 saturated heterocycles. The Morgan fingerprint density at radius 3 is 2.73 bits per heavy atom. The standard InChI is InChI=1S/C10H5BrClNO2/c11-8-2-1-6(9(12)4-8)3-7(5-13)10(14)15/h1-4H,(H,14,15)/b7-3+. The molecule has 0 amide bonds. The quantitative estimate of drug-likeness (QED) is 0.671. The maximum Gasteiger partial charge on any atom is 0.346 e. The summed E-state index contributed by atoms with van der Waals surface area (Å²) >= 11 is 9.08. The molecule has 0 radical (unpaired) electrons. The molecule has 0 fully saturated rings. The van der Waals surface area contributed by atoms with Gasteiger partial charge >= 0.3 is 5.97 Å². The Labute approximate surface area is 99.7 Å². The van der Waals surface area contributed by atoms with Crippen molar-refractivity contribution in [2.45, 2.75) is 0 Å². The van der Waals surface area contributed by atoms with Crippen molar-refractivity contribution < 1.29 is 9.90 Å². The number of hydrogen-bond donors (Lipinski definition) is 1. The zero-order valence-corrected chi connectivity index (χ0v) is 9.71. The van der Waals surface area contributed by atoms with Crippen LogP contribution in [0.2, 0.25) is 5.02 Å². The molecule has 0 spiro atoms. The van der Waals surface area contributed by atoms with E-state index in [1.165, 1.54) is 6.08 Å². The molecule has 0 unspecified atom stereocenters. The van der Waals surface area contributed by atoms with Crippen LogP contribution in [0.4, 0.5) is 0 Å². The van der Waals surface area contributed by atoms with E-state index in [2.05, 4.69) is 15.9 Å². The van der Waals surface area contributed by atoms with Gasteiger partial charge in [0.2, 0.25) is 0 Å². The number of halogens is 2. The third-order valence-corrected chi connectivity index (χ3v) is 2.43. The molecule has 0 heterocycles. The number of benzene rings is 1. The Bertz CT molecular complexity index is 477. The first-order valence-corrected chi connectivity index (χ1v) is 5.02. The SMILES string of the molecule is N#C/C(=C\c1ccc(Br)cc1Cl)C(=O)O. The summed E-state index contributed by atoms with van der Waals surface area (Å²) in [6.07, 6.45) is 1.23. The van der Waals surface area contributed by atoms with Crippen LogP contribution in [0, 0.1) is 11.3 Å². The van der Waals surface area contributed by atoms with Crippen LogP contribution in [-0.2, 0) is 4.79 Å². The molecule has 1 rings (SSSR count). The van der Waals surface area contributed by atoms with E-state index in [0.717, 1.165) is 4.47 Å². The predicted octanol–water partition coefficient (Wildman–Crippen LogP) is 3.09. The van der Waals surface area contributed by atoms with Gasteiger partial charge in [-0.25, -0.2) is 4.79 Å². The van der Waals surface area contributed by atoms with Crippen molar-refractivity contribution in [3.8, 4) is 6.07 Å². The highest BCUT2D eigenvalue weighted by molar-refractivity contribution is 9.10. The lowest BCUT2D eigenvalue weighted by atomic mass is 10.1. The molecule has 0 aromatic heterocycles. The van der Waals surface area contributed by atoms with Crippen molar-refractivity contribution in [1.29, 1.82) is 5.26 Å². The first-order valence-electron chi connectivity index (χ1n) is 3.84. The number of aliphatic carboxylic acids is 1. The minimum Gasteiger partial charge on any atom is -0.477 e. The summed E-state index contributed by atoms with van der Waals surface area (Å²) in [5.74, 6) is -1.27. The Morgan fingerprint density at radius 1 is 1.60 bits per heavy atom. The van der Waals surface area contributed by atoms with Gasteiger partial charge in [0.15, 0.2) is 0 Å². The van der Waals surface area contributed by atoms with E-state index in [4.69, 9.17) is 22.0 Å². The van der Waals surface area contributed by atoms with Gasteiger partial charge in [0.05, 0.1) is 0 Å². The van der Waals surface area contributed by atoms with Crippen LogP contribution in [-0.4, -0.2) is 11.1 Å². The second-order valence-corrected chi connectivity index (χ2v) is 3.96. The van der Waals surface area contributed by atoms with E-state index < -0.39 is 5.97 Å². The lowest BCUT2D eigenvalue weighted by Crippen LogP contribution is -1.97. The largest absolute Gasteiger partial charge is 0.477 e. The zero-order valence-electron chi connectivity index (χ0n) is 7.37. The molecule has 0 saturated carbocycles. The molecule has 0 aliphatic carbocycles. The van der Waals surface area contributed by atoms with Crippen LogP contribution in [0.5, 0.6) is 0 Å². The average molecular weight is 287 g/mol. The van der Waals surface area contributed by atoms with Crippen LogP contribution >= 0.6 is 27.5 Å². The highest BCUT2D eigenvalue weighted by Crippen LogP contribution is 2.23.